The van der Waals surface area contributed by atoms with Gasteiger partial charge in [-0.15, -0.1) is 0 Å². The molecule has 3 atom stereocenters. The monoisotopic (exact) mass is 179 g/mol. The van der Waals surface area contributed by atoms with Crippen molar-refractivity contribution in [3.05, 3.63) is 12.2 Å². The number of nitrogens with zero attached hydrogens (tertiary/aromatic N) is 1. The van der Waals surface area contributed by atoms with Crippen LogP contribution < -0.4 is 0 Å². The Morgan fingerprint density at radius 1 is 1.31 bits per heavy atom. The van der Waals surface area contributed by atoms with E-state index in [0.717, 1.165) is 12.0 Å². The average Bonchev–Trinajstić information content (AvgIpc) is 2.58. The fourth-order valence-corrected chi connectivity index (χ4v) is 2.45. The van der Waals surface area contributed by atoms with Gasteiger partial charge in [0, 0.05) is 12.6 Å². The second-order valence-corrected chi connectivity index (χ2v) is 5.68. The molecule has 2 heterocycles. The highest BCUT2D eigenvalue weighted by Crippen LogP contribution is 2.33. The Labute approximate surface area is 81.8 Å². The van der Waals surface area contributed by atoms with Gasteiger partial charge in [0.25, 0.3) is 0 Å². The van der Waals surface area contributed by atoms with Crippen LogP contribution in [0.15, 0.2) is 12.2 Å². The van der Waals surface area contributed by atoms with Crippen LogP contribution in [-0.2, 0) is 0 Å². The number of allylic oxidation sites excluding steroid dienone is 1. The molecular formula is C12H21N. The summed E-state index contributed by atoms with van der Waals surface area (Å²) in [5, 5.41) is 0. The molecule has 2 saturated heterocycles. The van der Waals surface area contributed by atoms with E-state index in [0.29, 0.717) is 5.41 Å². The number of piperidine rings is 1. The molecule has 0 amide bonds. The van der Waals surface area contributed by atoms with Gasteiger partial charge in [0.2, 0.25) is 0 Å². The maximum absolute atomic E-state index is 2.63. The van der Waals surface area contributed by atoms with Crippen molar-refractivity contribution in [3.8, 4) is 0 Å². The minimum absolute atomic E-state index is 0.350. The fourth-order valence-electron chi connectivity index (χ4n) is 2.45. The van der Waals surface area contributed by atoms with Crippen molar-refractivity contribution in [1.82, 2.24) is 4.90 Å². The molecule has 1 nitrogen and oxygen atoms in total. The van der Waals surface area contributed by atoms with E-state index < -0.39 is 0 Å². The molecule has 0 aliphatic carbocycles. The first-order valence-corrected chi connectivity index (χ1v) is 5.48. The molecule has 13 heavy (non-hydrogen) atoms. The summed E-state index contributed by atoms with van der Waals surface area (Å²) in [7, 11) is 0. The first kappa shape index (κ1) is 9.26. The molecule has 2 fully saturated rings. The minimum Gasteiger partial charge on any atom is -0.297 e. The molecule has 0 saturated carbocycles. The molecule has 2 bridgehead atoms. The lowest BCUT2D eigenvalue weighted by Gasteiger charge is -2.23. The largest absolute Gasteiger partial charge is 0.297 e. The third-order valence-corrected chi connectivity index (χ3v) is 3.18. The Morgan fingerprint density at radius 3 is 2.54 bits per heavy atom. The highest BCUT2D eigenvalue weighted by atomic mass is 15.2. The molecule has 0 aromatic carbocycles. The zero-order valence-corrected chi connectivity index (χ0v) is 9.09. The van der Waals surface area contributed by atoms with Gasteiger partial charge in [0.05, 0.1) is 0 Å². The highest BCUT2D eigenvalue weighted by Gasteiger charge is 2.35. The third-order valence-electron chi connectivity index (χ3n) is 3.18. The molecule has 2 aliphatic heterocycles. The normalized spacial score (nSPS) is 39.2. The van der Waals surface area contributed by atoms with Crippen molar-refractivity contribution in [2.24, 2.45) is 11.3 Å². The van der Waals surface area contributed by atoms with Gasteiger partial charge >= 0.3 is 0 Å². The van der Waals surface area contributed by atoms with Crippen molar-refractivity contribution < 1.29 is 0 Å². The van der Waals surface area contributed by atoms with E-state index in [1.54, 1.807) is 0 Å². The maximum atomic E-state index is 2.63. The van der Waals surface area contributed by atoms with Crippen molar-refractivity contribution >= 4 is 0 Å². The van der Waals surface area contributed by atoms with Crippen molar-refractivity contribution in [2.45, 2.75) is 39.7 Å². The van der Waals surface area contributed by atoms with E-state index in [1.165, 1.54) is 25.9 Å². The van der Waals surface area contributed by atoms with Gasteiger partial charge in [-0.25, -0.2) is 0 Å². The summed E-state index contributed by atoms with van der Waals surface area (Å²) in [4.78, 5) is 2.63. The molecule has 0 N–H and O–H groups in total. The summed E-state index contributed by atoms with van der Waals surface area (Å²) in [6.45, 7) is 9.51. The lowest BCUT2D eigenvalue weighted by molar-refractivity contribution is 0.303. The molecule has 74 valence electrons. The minimum atomic E-state index is 0.350. The predicted octanol–water partition coefficient (Wildman–Crippen LogP) is 2.68. The van der Waals surface area contributed by atoms with E-state index in [-0.39, 0.29) is 0 Å². The van der Waals surface area contributed by atoms with Crippen LogP contribution in [0.4, 0.5) is 0 Å². The highest BCUT2D eigenvalue weighted by molar-refractivity contribution is 5.05. The van der Waals surface area contributed by atoms with Crippen LogP contribution in [0.5, 0.6) is 0 Å². The number of hydrogen-bond donors (Lipinski definition) is 0. The summed E-state index contributed by atoms with van der Waals surface area (Å²) in [5.74, 6) is 1.01. The lowest BCUT2D eigenvalue weighted by atomic mass is 9.93. The predicted molar refractivity (Wildman–Crippen MR) is 56.7 cm³/mol. The van der Waals surface area contributed by atoms with E-state index in [9.17, 15) is 0 Å². The van der Waals surface area contributed by atoms with Crippen LogP contribution in [0, 0.1) is 11.3 Å². The summed E-state index contributed by atoms with van der Waals surface area (Å²) in [6.07, 6.45) is 7.66. The maximum Gasteiger partial charge on any atom is 0.0281 e. The first-order valence-electron chi connectivity index (χ1n) is 5.48. The van der Waals surface area contributed by atoms with E-state index in [2.05, 4.69) is 37.8 Å². The van der Waals surface area contributed by atoms with E-state index >= 15 is 0 Å². The van der Waals surface area contributed by atoms with Gasteiger partial charge in [0.1, 0.15) is 0 Å². The molecule has 0 radical (unpaired) electrons. The average molecular weight is 179 g/mol. The molecule has 2 aliphatic rings. The Morgan fingerprint density at radius 2 is 2.08 bits per heavy atom. The second-order valence-electron chi connectivity index (χ2n) is 5.68. The van der Waals surface area contributed by atoms with Crippen LogP contribution in [0.2, 0.25) is 0 Å². The number of rotatable bonds is 1. The Bertz CT molecular complexity index is 212. The molecule has 0 aromatic rings. The first-order chi connectivity index (χ1) is 6.04. The van der Waals surface area contributed by atoms with Gasteiger partial charge in [-0.05, 0) is 30.7 Å². The van der Waals surface area contributed by atoms with Crippen LogP contribution in [0.25, 0.3) is 0 Å². The van der Waals surface area contributed by atoms with Gasteiger partial charge < -0.3 is 0 Å². The van der Waals surface area contributed by atoms with Gasteiger partial charge in [0.15, 0.2) is 0 Å². The van der Waals surface area contributed by atoms with Gasteiger partial charge in [-0.2, -0.15) is 0 Å². The van der Waals surface area contributed by atoms with E-state index in [4.69, 9.17) is 0 Å². The zero-order chi connectivity index (χ0) is 9.47. The third kappa shape index (κ3) is 2.14. The van der Waals surface area contributed by atoms with Crippen LogP contribution in [-0.4, -0.2) is 24.0 Å². The number of fused-ring (bicyclic) bond motifs is 2. The lowest BCUT2D eigenvalue weighted by Crippen LogP contribution is -2.27. The fraction of sp³-hybridized carbons (Fsp3) is 0.833. The summed E-state index contributed by atoms with van der Waals surface area (Å²) < 4.78 is 0. The van der Waals surface area contributed by atoms with Crippen LogP contribution in [0.3, 0.4) is 0 Å². The van der Waals surface area contributed by atoms with Crippen molar-refractivity contribution in [2.75, 3.05) is 13.1 Å². The standard InChI is InChI=1S/C12H21N/c1-12(2,3)6-4-11-8-10-5-7-13(11)9-10/h4,6,10-11H,5,7-9H2,1-3H3/b6-4+. The molecule has 0 spiro atoms. The number of hydrogen-bond acceptors (Lipinski definition) is 1. The summed E-state index contributed by atoms with van der Waals surface area (Å²) in [5.41, 5.74) is 0.350. The van der Waals surface area contributed by atoms with Gasteiger partial charge in [-0.3, -0.25) is 4.90 Å². The van der Waals surface area contributed by atoms with Crippen LogP contribution >= 0.6 is 0 Å². The topological polar surface area (TPSA) is 3.24 Å². The molecule has 0 aromatic heterocycles. The second kappa shape index (κ2) is 3.13. The van der Waals surface area contributed by atoms with Gasteiger partial charge in [-0.1, -0.05) is 32.9 Å². The van der Waals surface area contributed by atoms with Crippen LogP contribution in [0.1, 0.15) is 33.6 Å². The van der Waals surface area contributed by atoms with E-state index in [1.807, 2.05) is 0 Å². The van der Waals surface area contributed by atoms with Crippen molar-refractivity contribution in [1.29, 1.82) is 0 Å². The molecule has 1 heteroatoms. The molecular weight excluding hydrogens is 158 g/mol. The SMILES string of the molecule is CC(C)(C)/C=C/C1CC2CCN1C2. The summed E-state index contributed by atoms with van der Waals surface area (Å²) >= 11 is 0. The smallest absolute Gasteiger partial charge is 0.0281 e. The summed E-state index contributed by atoms with van der Waals surface area (Å²) in [6, 6.07) is 0.762. The molecule has 3 unspecified atom stereocenters. The Hall–Kier alpha value is -0.300. The quantitative estimate of drug-likeness (QED) is 0.559. The van der Waals surface area contributed by atoms with Crippen molar-refractivity contribution in [3.63, 3.8) is 0 Å². The Balaban J connectivity index is 1.93. The zero-order valence-electron chi connectivity index (χ0n) is 9.09. The molecule has 2 rings (SSSR count). The Kier molecular flexibility index (Phi) is 2.23.